The van der Waals surface area contributed by atoms with Gasteiger partial charge in [0.1, 0.15) is 5.57 Å². The molecule has 1 amide bonds. The molecule has 2 rings (SSSR count). The van der Waals surface area contributed by atoms with Gasteiger partial charge in [0, 0.05) is 10.0 Å². The Morgan fingerprint density at radius 1 is 1.30 bits per heavy atom. The lowest BCUT2D eigenvalue weighted by atomic mass is 10.1. The molecule has 122 valence electrons. The Morgan fingerprint density at radius 3 is 2.52 bits per heavy atom. The summed E-state index contributed by atoms with van der Waals surface area (Å²) in [5.74, 6) is -3.24. The highest BCUT2D eigenvalue weighted by Crippen LogP contribution is 2.35. The first-order valence-electron chi connectivity index (χ1n) is 5.93. The van der Waals surface area contributed by atoms with Crippen LogP contribution in [0.4, 0.5) is 13.2 Å². The lowest BCUT2D eigenvalue weighted by Gasteiger charge is -2.11. The minimum absolute atomic E-state index is 0.147. The fourth-order valence-electron chi connectivity index (χ4n) is 1.78. The molecular weight excluding hydrogens is 403 g/mol. The molecule has 1 aliphatic heterocycles. The van der Waals surface area contributed by atoms with Crippen molar-refractivity contribution in [2.75, 3.05) is 5.75 Å². The fourth-order valence-corrected chi connectivity index (χ4v) is 3.18. The molecule has 0 aliphatic carbocycles. The van der Waals surface area contributed by atoms with Crippen molar-refractivity contribution in [3.05, 3.63) is 44.4 Å². The zero-order valence-corrected chi connectivity index (χ0v) is 13.4. The second-order valence-electron chi connectivity index (χ2n) is 4.37. The van der Waals surface area contributed by atoms with Crippen LogP contribution in [-0.2, 0) is 15.8 Å². The molecule has 0 saturated carbocycles. The Balaban J connectivity index is 2.32. The maximum absolute atomic E-state index is 12.8. The van der Waals surface area contributed by atoms with Crippen LogP contribution in [0.15, 0.2) is 33.3 Å². The molecule has 1 aliphatic rings. The first kappa shape index (κ1) is 17.5. The van der Waals surface area contributed by atoms with Gasteiger partial charge in [-0.15, -0.1) is 0 Å². The molecule has 0 spiro atoms. The van der Waals surface area contributed by atoms with Crippen molar-refractivity contribution in [3.63, 3.8) is 0 Å². The number of amides is 1. The molecule has 10 heteroatoms. The van der Waals surface area contributed by atoms with Gasteiger partial charge in [-0.2, -0.15) is 13.2 Å². The molecule has 0 radical (unpaired) electrons. The number of hydrogen-bond donors (Lipinski definition) is 2. The Bertz CT molecular complexity index is 745. The molecular formula is C13H7BrF3NO4S. The van der Waals surface area contributed by atoms with E-state index in [0.717, 1.165) is 23.9 Å². The second kappa shape index (κ2) is 6.36. The highest BCUT2D eigenvalue weighted by Gasteiger charge is 2.34. The Kier molecular flexibility index (Phi) is 4.85. The lowest BCUT2D eigenvalue weighted by Crippen LogP contribution is -2.24. The van der Waals surface area contributed by atoms with Gasteiger partial charge >= 0.3 is 12.1 Å². The van der Waals surface area contributed by atoms with Gasteiger partial charge in [0.25, 0.3) is 5.91 Å². The van der Waals surface area contributed by atoms with Gasteiger partial charge in [0.15, 0.2) is 5.78 Å². The third kappa shape index (κ3) is 3.75. The van der Waals surface area contributed by atoms with Gasteiger partial charge in [-0.1, -0.05) is 27.7 Å². The van der Waals surface area contributed by atoms with Gasteiger partial charge < -0.3 is 10.4 Å². The van der Waals surface area contributed by atoms with Crippen molar-refractivity contribution < 1.29 is 32.7 Å². The largest absolute Gasteiger partial charge is 0.477 e. The number of Topliss-reactive ketones (excluding diaryl/α,β-unsaturated/α-hetero) is 1. The Labute approximate surface area is 140 Å². The SMILES string of the molecule is O=C(O)C1=C(NC(=O)c2ccc(Br)c(C(F)(F)F)c2)SCC1=O. The number of carbonyl (C=O) groups is 3. The van der Waals surface area contributed by atoms with Crippen molar-refractivity contribution in [1.82, 2.24) is 5.32 Å². The van der Waals surface area contributed by atoms with E-state index in [4.69, 9.17) is 5.11 Å². The molecule has 0 saturated heterocycles. The summed E-state index contributed by atoms with van der Waals surface area (Å²) in [7, 11) is 0. The molecule has 1 aromatic carbocycles. The van der Waals surface area contributed by atoms with E-state index >= 15 is 0 Å². The number of thioether (sulfide) groups is 1. The first-order valence-corrected chi connectivity index (χ1v) is 7.70. The predicted octanol–water partition coefficient (Wildman–Crippen LogP) is 2.81. The number of carbonyl (C=O) groups excluding carboxylic acids is 2. The van der Waals surface area contributed by atoms with Gasteiger partial charge in [0.2, 0.25) is 0 Å². The number of carboxylic acid groups (broad SMARTS) is 1. The topological polar surface area (TPSA) is 83.5 Å². The van der Waals surface area contributed by atoms with Crippen molar-refractivity contribution in [2.45, 2.75) is 6.18 Å². The van der Waals surface area contributed by atoms with Gasteiger partial charge in [-0.3, -0.25) is 9.59 Å². The highest BCUT2D eigenvalue weighted by atomic mass is 79.9. The van der Waals surface area contributed by atoms with Gasteiger partial charge in [-0.25, -0.2) is 4.79 Å². The molecule has 2 N–H and O–H groups in total. The maximum Gasteiger partial charge on any atom is 0.417 e. The molecule has 1 aromatic rings. The van der Waals surface area contributed by atoms with Gasteiger partial charge in [-0.05, 0) is 18.2 Å². The average molecular weight is 410 g/mol. The van der Waals surface area contributed by atoms with Crippen LogP contribution in [0.3, 0.4) is 0 Å². The summed E-state index contributed by atoms with van der Waals surface area (Å²) in [4.78, 5) is 34.4. The van der Waals surface area contributed by atoms with Crippen molar-refractivity contribution in [1.29, 1.82) is 0 Å². The smallest absolute Gasteiger partial charge is 0.417 e. The Hall–Kier alpha value is -1.81. The van der Waals surface area contributed by atoms with E-state index in [2.05, 4.69) is 21.2 Å². The summed E-state index contributed by atoms with van der Waals surface area (Å²) in [5.41, 5.74) is -1.91. The number of benzene rings is 1. The maximum atomic E-state index is 12.8. The molecule has 0 aromatic heterocycles. The highest BCUT2D eigenvalue weighted by molar-refractivity contribution is 9.10. The summed E-state index contributed by atoms with van der Waals surface area (Å²) in [6.45, 7) is 0. The van der Waals surface area contributed by atoms with Crippen LogP contribution in [0, 0.1) is 0 Å². The number of halogens is 4. The molecule has 5 nitrogen and oxygen atoms in total. The van der Waals surface area contributed by atoms with E-state index in [0.29, 0.717) is 6.07 Å². The summed E-state index contributed by atoms with van der Waals surface area (Å²) in [5, 5.41) is 10.9. The number of alkyl halides is 3. The molecule has 0 bridgehead atoms. The number of aliphatic carboxylic acids is 1. The summed E-state index contributed by atoms with van der Waals surface area (Å²) < 4.78 is 38.2. The normalized spacial score (nSPS) is 15.0. The zero-order valence-electron chi connectivity index (χ0n) is 11.0. The van der Waals surface area contributed by atoms with Crippen LogP contribution in [0.25, 0.3) is 0 Å². The van der Waals surface area contributed by atoms with Crippen LogP contribution in [0.5, 0.6) is 0 Å². The standard InChI is InChI=1S/C13H7BrF3NO4S/c14-7-2-1-5(3-6(7)13(15,16)17)10(20)18-11-9(12(21)22)8(19)4-23-11/h1-3H,4H2,(H,18,20)(H,21,22). The monoisotopic (exact) mass is 409 g/mol. The van der Waals surface area contributed by atoms with Crippen molar-refractivity contribution in [3.8, 4) is 0 Å². The number of rotatable bonds is 3. The van der Waals surface area contributed by atoms with Crippen LogP contribution in [-0.4, -0.2) is 28.5 Å². The molecule has 23 heavy (non-hydrogen) atoms. The fraction of sp³-hybridized carbons (Fsp3) is 0.154. The van der Waals surface area contributed by atoms with E-state index < -0.39 is 35.0 Å². The second-order valence-corrected chi connectivity index (χ2v) is 6.21. The van der Waals surface area contributed by atoms with E-state index in [9.17, 15) is 27.6 Å². The van der Waals surface area contributed by atoms with Crippen LogP contribution >= 0.6 is 27.7 Å². The molecule has 0 unspecified atom stereocenters. The molecule has 1 heterocycles. The predicted molar refractivity (Wildman–Crippen MR) is 78.7 cm³/mol. The van der Waals surface area contributed by atoms with Crippen molar-refractivity contribution >= 4 is 45.4 Å². The minimum atomic E-state index is -4.65. The Morgan fingerprint density at radius 2 is 1.96 bits per heavy atom. The first-order chi connectivity index (χ1) is 10.6. The molecule has 0 atom stereocenters. The molecule has 0 fully saturated rings. The number of nitrogens with one attached hydrogen (secondary N) is 1. The van der Waals surface area contributed by atoms with Crippen LogP contribution in [0.2, 0.25) is 0 Å². The van der Waals surface area contributed by atoms with E-state index in [-0.39, 0.29) is 20.8 Å². The quantitative estimate of drug-likeness (QED) is 0.749. The van der Waals surface area contributed by atoms with E-state index in [1.807, 2.05) is 0 Å². The minimum Gasteiger partial charge on any atom is -0.477 e. The average Bonchev–Trinajstić information content (AvgIpc) is 2.78. The van der Waals surface area contributed by atoms with Crippen LogP contribution < -0.4 is 5.32 Å². The van der Waals surface area contributed by atoms with Crippen molar-refractivity contribution in [2.24, 2.45) is 0 Å². The van der Waals surface area contributed by atoms with Gasteiger partial charge in [0.05, 0.1) is 16.3 Å². The summed E-state index contributed by atoms with van der Waals surface area (Å²) >= 11 is 3.56. The third-order valence-corrected chi connectivity index (χ3v) is 4.52. The lowest BCUT2D eigenvalue weighted by molar-refractivity contribution is -0.138. The summed E-state index contributed by atoms with van der Waals surface area (Å²) in [6.07, 6.45) is -4.65. The summed E-state index contributed by atoms with van der Waals surface area (Å²) in [6, 6.07) is 2.86. The van der Waals surface area contributed by atoms with Crippen LogP contribution in [0.1, 0.15) is 15.9 Å². The van der Waals surface area contributed by atoms with E-state index in [1.165, 1.54) is 0 Å². The zero-order chi connectivity index (χ0) is 17.4. The number of carboxylic acids is 1. The third-order valence-electron chi connectivity index (χ3n) is 2.83. The van der Waals surface area contributed by atoms with E-state index in [1.54, 1.807) is 0 Å². The number of ketones is 1. The number of hydrogen-bond acceptors (Lipinski definition) is 4.